The van der Waals surface area contributed by atoms with Crippen LogP contribution >= 0.6 is 15.9 Å². The van der Waals surface area contributed by atoms with E-state index in [-0.39, 0.29) is 5.91 Å². The van der Waals surface area contributed by atoms with Crippen LogP contribution in [0, 0.1) is 0 Å². The third kappa shape index (κ3) is 3.31. The van der Waals surface area contributed by atoms with Gasteiger partial charge in [0.1, 0.15) is 4.60 Å². The molecule has 0 radical (unpaired) electrons. The molecule has 0 aliphatic carbocycles. The van der Waals surface area contributed by atoms with Crippen molar-refractivity contribution in [1.82, 2.24) is 14.2 Å². The topological polar surface area (TPSA) is 70.6 Å². The van der Waals surface area contributed by atoms with Crippen molar-refractivity contribution in [3.63, 3.8) is 0 Å². The van der Waals surface area contributed by atoms with E-state index in [0.717, 1.165) is 0 Å². The first-order valence-electron chi connectivity index (χ1n) is 5.74. The highest BCUT2D eigenvalue weighted by Gasteiger charge is 2.27. The Morgan fingerprint density at radius 2 is 1.95 bits per heavy atom. The van der Waals surface area contributed by atoms with Crippen LogP contribution in [0.2, 0.25) is 0 Å². The molecule has 2 rings (SSSR count). The molecule has 1 aliphatic heterocycles. The van der Waals surface area contributed by atoms with Crippen molar-refractivity contribution in [2.75, 3.05) is 32.4 Å². The number of rotatable bonds is 2. The highest BCUT2D eigenvalue weighted by Crippen LogP contribution is 2.16. The Balaban J connectivity index is 2.07. The average Bonchev–Trinajstić information content (AvgIpc) is 2.38. The number of pyridine rings is 1. The fraction of sp³-hybridized carbons (Fsp3) is 0.455. The van der Waals surface area contributed by atoms with Crippen LogP contribution in [-0.2, 0) is 10.0 Å². The van der Waals surface area contributed by atoms with Gasteiger partial charge >= 0.3 is 0 Å². The molecule has 1 aromatic heterocycles. The predicted octanol–water partition coefficient (Wildman–Crippen LogP) is 0.561. The van der Waals surface area contributed by atoms with Gasteiger partial charge in [-0.25, -0.2) is 13.4 Å². The van der Waals surface area contributed by atoms with E-state index in [1.165, 1.54) is 10.6 Å². The Bertz CT molecular complexity index is 583. The van der Waals surface area contributed by atoms with Crippen molar-refractivity contribution >= 4 is 31.9 Å². The highest BCUT2D eigenvalue weighted by atomic mass is 79.9. The molecule has 2 heterocycles. The third-order valence-electron chi connectivity index (χ3n) is 2.98. The van der Waals surface area contributed by atoms with E-state index >= 15 is 0 Å². The number of amides is 1. The number of sulfonamides is 1. The van der Waals surface area contributed by atoms with Gasteiger partial charge in [-0.2, -0.15) is 4.31 Å². The Morgan fingerprint density at radius 3 is 2.47 bits per heavy atom. The highest BCUT2D eigenvalue weighted by molar-refractivity contribution is 9.10. The summed E-state index contributed by atoms with van der Waals surface area (Å²) in [5, 5.41) is 0. The van der Waals surface area contributed by atoms with Crippen molar-refractivity contribution in [2.24, 2.45) is 0 Å². The van der Waals surface area contributed by atoms with Gasteiger partial charge in [-0.15, -0.1) is 0 Å². The number of carbonyl (C=O) groups is 1. The molecular formula is C11H14BrN3O3S. The summed E-state index contributed by atoms with van der Waals surface area (Å²) in [6.45, 7) is 1.46. The minimum Gasteiger partial charge on any atom is -0.336 e. The molecule has 0 bridgehead atoms. The van der Waals surface area contributed by atoms with E-state index < -0.39 is 10.0 Å². The molecule has 1 aromatic rings. The Kier molecular flexibility index (Phi) is 4.22. The molecule has 1 saturated heterocycles. The molecule has 1 amide bonds. The summed E-state index contributed by atoms with van der Waals surface area (Å²) in [5.41, 5.74) is 0.496. The van der Waals surface area contributed by atoms with Crippen LogP contribution < -0.4 is 0 Å². The molecule has 0 atom stereocenters. The normalized spacial score (nSPS) is 17.5. The summed E-state index contributed by atoms with van der Waals surface area (Å²) in [7, 11) is -3.17. The number of nitrogens with zero attached hydrogens (tertiary/aromatic N) is 3. The standard InChI is InChI=1S/C11H14BrN3O3S/c1-19(17,18)15-7-5-14(6-8-15)11(16)9-3-2-4-13-10(9)12/h2-4H,5-8H2,1H3. The predicted molar refractivity (Wildman–Crippen MR) is 74.3 cm³/mol. The summed E-state index contributed by atoms with van der Waals surface area (Å²) in [6, 6.07) is 3.40. The Morgan fingerprint density at radius 1 is 1.32 bits per heavy atom. The Labute approximate surface area is 120 Å². The van der Waals surface area contributed by atoms with Gasteiger partial charge in [0.15, 0.2) is 0 Å². The summed E-state index contributed by atoms with van der Waals surface area (Å²) >= 11 is 3.24. The van der Waals surface area contributed by atoms with Gasteiger partial charge < -0.3 is 4.90 Å². The largest absolute Gasteiger partial charge is 0.336 e. The third-order valence-corrected chi connectivity index (χ3v) is 4.92. The summed E-state index contributed by atoms with van der Waals surface area (Å²) < 4.78 is 24.7. The zero-order chi connectivity index (χ0) is 14.0. The van der Waals surface area contributed by atoms with Crippen molar-refractivity contribution < 1.29 is 13.2 Å². The molecule has 1 fully saturated rings. The van der Waals surface area contributed by atoms with Crippen LogP contribution in [0.15, 0.2) is 22.9 Å². The second-order valence-corrected chi connectivity index (χ2v) is 7.03. The number of hydrogen-bond acceptors (Lipinski definition) is 4. The van der Waals surface area contributed by atoms with Gasteiger partial charge in [0, 0.05) is 32.4 Å². The minimum atomic E-state index is -3.17. The average molecular weight is 348 g/mol. The lowest BCUT2D eigenvalue weighted by Gasteiger charge is -2.33. The second kappa shape index (κ2) is 5.56. The monoisotopic (exact) mass is 347 g/mol. The lowest BCUT2D eigenvalue weighted by Crippen LogP contribution is -2.50. The fourth-order valence-electron chi connectivity index (χ4n) is 1.94. The van der Waals surface area contributed by atoms with Gasteiger partial charge in [-0.1, -0.05) is 0 Å². The van der Waals surface area contributed by atoms with E-state index in [2.05, 4.69) is 20.9 Å². The van der Waals surface area contributed by atoms with Crippen molar-refractivity contribution in [3.8, 4) is 0 Å². The number of hydrogen-bond donors (Lipinski definition) is 0. The van der Waals surface area contributed by atoms with E-state index in [1.807, 2.05) is 0 Å². The zero-order valence-corrected chi connectivity index (χ0v) is 12.8. The van der Waals surface area contributed by atoms with Crippen molar-refractivity contribution in [2.45, 2.75) is 0 Å². The van der Waals surface area contributed by atoms with Crippen LogP contribution in [0.3, 0.4) is 0 Å². The molecule has 0 aromatic carbocycles. The molecular weight excluding hydrogens is 334 g/mol. The molecule has 19 heavy (non-hydrogen) atoms. The first-order chi connectivity index (χ1) is 8.89. The number of halogens is 1. The van der Waals surface area contributed by atoms with Gasteiger partial charge in [-0.05, 0) is 28.1 Å². The van der Waals surface area contributed by atoms with Crippen LogP contribution in [-0.4, -0.2) is 60.9 Å². The van der Waals surface area contributed by atoms with E-state index in [9.17, 15) is 13.2 Å². The van der Waals surface area contributed by atoms with Crippen molar-refractivity contribution in [1.29, 1.82) is 0 Å². The molecule has 0 saturated carbocycles. The van der Waals surface area contributed by atoms with Crippen LogP contribution in [0.25, 0.3) is 0 Å². The molecule has 6 nitrogen and oxygen atoms in total. The van der Waals surface area contributed by atoms with Crippen LogP contribution in [0.1, 0.15) is 10.4 Å². The lowest BCUT2D eigenvalue weighted by molar-refractivity contribution is 0.0697. The lowest BCUT2D eigenvalue weighted by atomic mass is 10.2. The van der Waals surface area contributed by atoms with Gasteiger partial charge in [0.05, 0.1) is 11.8 Å². The molecule has 8 heteroatoms. The SMILES string of the molecule is CS(=O)(=O)N1CCN(C(=O)c2cccnc2Br)CC1. The van der Waals surface area contributed by atoms with Crippen LogP contribution in [0.5, 0.6) is 0 Å². The number of carbonyl (C=O) groups excluding carboxylic acids is 1. The van der Waals surface area contributed by atoms with Crippen molar-refractivity contribution in [3.05, 3.63) is 28.5 Å². The number of aromatic nitrogens is 1. The minimum absolute atomic E-state index is 0.131. The van der Waals surface area contributed by atoms with E-state index in [0.29, 0.717) is 36.3 Å². The van der Waals surface area contributed by atoms with Crippen LogP contribution in [0.4, 0.5) is 0 Å². The molecule has 0 unspecified atom stereocenters. The first kappa shape index (κ1) is 14.4. The zero-order valence-electron chi connectivity index (χ0n) is 10.4. The maximum absolute atomic E-state index is 12.3. The summed E-state index contributed by atoms with van der Waals surface area (Å²) in [4.78, 5) is 17.9. The van der Waals surface area contributed by atoms with Gasteiger partial charge in [0.25, 0.3) is 5.91 Å². The van der Waals surface area contributed by atoms with E-state index in [1.54, 1.807) is 23.2 Å². The molecule has 104 valence electrons. The summed E-state index contributed by atoms with van der Waals surface area (Å²) in [5.74, 6) is -0.131. The molecule has 0 N–H and O–H groups in total. The quantitative estimate of drug-likeness (QED) is 0.733. The van der Waals surface area contributed by atoms with E-state index in [4.69, 9.17) is 0 Å². The fourth-order valence-corrected chi connectivity index (χ4v) is 3.19. The maximum Gasteiger partial charge on any atom is 0.256 e. The maximum atomic E-state index is 12.3. The summed E-state index contributed by atoms with van der Waals surface area (Å²) in [6.07, 6.45) is 2.78. The number of piperazine rings is 1. The van der Waals surface area contributed by atoms with Gasteiger partial charge in [0.2, 0.25) is 10.0 Å². The molecule has 1 aliphatic rings. The second-order valence-electron chi connectivity index (χ2n) is 4.30. The van der Waals surface area contributed by atoms with Gasteiger partial charge in [-0.3, -0.25) is 4.79 Å². The Hall–Kier alpha value is -0.990. The first-order valence-corrected chi connectivity index (χ1v) is 8.38. The molecule has 0 spiro atoms. The smallest absolute Gasteiger partial charge is 0.256 e.